The van der Waals surface area contributed by atoms with Crippen molar-refractivity contribution in [3.05, 3.63) is 0 Å². The Kier molecular flexibility index (Phi) is 4.08. The Hall–Kier alpha value is -1.08. The predicted octanol–water partition coefficient (Wildman–Crippen LogP) is 0.671. The molecule has 0 bridgehead atoms. The number of nitriles is 1. The number of hydrogen-bond acceptors (Lipinski definition) is 3. The van der Waals surface area contributed by atoms with Crippen LogP contribution in [0.4, 0.5) is 0 Å². The molecule has 0 unspecified atom stereocenters. The molecule has 14 heavy (non-hydrogen) atoms. The van der Waals surface area contributed by atoms with Crippen LogP contribution >= 0.6 is 0 Å². The maximum Gasteiger partial charge on any atom is 0.239 e. The summed E-state index contributed by atoms with van der Waals surface area (Å²) in [5.74, 6) is -0.304. The number of hydrogen-bond donors (Lipinski definition) is 2. The van der Waals surface area contributed by atoms with Gasteiger partial charge < -0.3 is 10.4 Å². The second-order valence-electron chi connectivity index (χ2n) is 4.74. The molecule has 0 radical (unpaired) electrons. The quantitative estimate of drug-likeness (QED) is 0.697. The van der Waals surface area contributed by atoms with E-state index in [1.54, 1.807) is 13.8 Å². The summed E-state index contributed by atoms with van der Waals surface area (Å²) in [7, 11) is 0. The molecule has 0 saturated carbocycles. The van der Waals surface area contributed by atoms with Crippen molar-refractivity contribution < 1.29 is 9.90 Å². The first-order chi connectivity index (χ1) is 6.25. The summed E-state index contributed by atoms with van der Waals surface area (Å²) in [6.45, 7) is 7.18. The zero-order chi connectivity index (χ0) is 11.4. The summed E-state index contributed by atoms with van der Waals surface area (Å²) in [6, 6.07) is 1.92. The Morgan fingerprint density at radius 1 is 1.43 bits per heavy atom. The zero-order valence-electron chi connectivity index (χ0n) is 9.22. The third-order valence-electron chi connectivity index (χ3n) is 2.00. The fourth-order valence-corrected chi connectivity index (χ4v) is 0.647. The van der Waals surface area contributed by atoms with Gasteiger partial charge in [0.05, 0.1) is 6.07 Å². The highest BCUT2D eigenvalue weighted by Gasteiger charge is 2.28. The molecule has 0 aliphatic carbocycles. The van der Waals surface area contributed by atoms with E-state index in [4.69, 9.17) is 10.4 Å². The molecule has 0 rings (SSSR count). The largest absolute Gasteiger partial charge is 0.396 e. The van der Waals surface area contributed by atoms with Crippen LogP contribution in [0, 0.1) is 22.2 Å². The monoisotopic (exact) mass is 198 g/mol. The van der Waals surface area contributed by atoms with E-state index in [1.165, 1.54) is 0 Å². The van der Waals surface area contributed by atoms with Gasteiger partial charge in [-0.05, 0) is 13.8 Å². The first-order valence-electron chi connectivity index (χ1n) is 4.55. The number of amides is 1. The molecule has 0 heterocycles. The number of nitrogens with one attached hydrogen (secondary N) is 1. The molecule has 0 atom stereocenters. The van der Waals surface area contributed by atoms with E-state index in [2.05, 4.69) is 5.32 Å². The van der Waals surface area contributed by atoms with Gasteiger partial charge in [-0.3, -0.25) is 4.79 Å². The molecule has 0 aliphatic rings. The minimum absolute atomic E-state index is 0.000260. The van der Waals surface area contributed by atoms with Crippen LogP contribution in [0.5, 0.6) is 0 Å². The van der Waals surface area contributed by atoms with Gasteiger partial charge in [-0.1, -0.05) is 13.8 Å². The molecule has 0 aromatic carbocycles. The lowest BCUT2D eigenvalue weighted by molar-refractivity contribution is -0.127. The van der Waals surface area contributed by atoms with E-state index in [0.717, 1.165) is 0 Å². The highest BCUT2D eigenvalue weighted by atomic mass is 16.3. The molecule has 4 nitrogen and oxygen atoms in total. The third kappa shape index (κ3) is 3.75. The van der Waals surface area contributed by atoms with Gasteiger partial charge in [0.1, 0.15) is 5.41 Å². The van der Waals surface area contributed by atoms with Crippen LogP contribution in [0.2, 0.25) is 0 Å². The Bertz CT molecular complexity index is 251. The molecule has 1 amide bonds. The van der Waals surface area contributed by atoms with Crippen molar-refractivity contribution in [1.29, 1.82) is 5.26 Å². The minimum atomic E-state index is -1.01. The molecule has 80 valence electrons. The first kappa shape index (κ1) is 12.9. The second-order valence-corrected chi connectivity index (χ2v) is 4.74. The molecular weight excluding hydrogens is 180 g/mol. The van der Waals surface area contributed by atoms with Crippen molar-refractivity contribution in [2.45, 2.75) is 27.7 Å². The van der Waals surface area contributed by atoms with E-state index in [1.807, 2.05) is 19.9 Å². The van der Waals surface area contributed by atoms with E-state index in [9.17, 15) is 4.79 Å². The topological polar surface area (TPSA) is 73.1 Å². The standard InChI is InChI=1S/C10H18N2O2/c1-9(2,7-13)6-12-8(14)10(3,4)5-11/h13H,6-7H2,1-4H3,(H,12,14). The molecular formula is C10H18N2O2. The van der Waals surface area contributed by atoms with Crippen molar-refractivity contribution in [1.82, 2.24) is 5.32 Å². The van der Waals surface area contributed by atoms with E-state index in [-0.39, 0.29) is 17.9 Å². The molecule has 0 aromatic heterocycles. The maximum atomic E-state index is 11.4. The van der Waals surface area contributed by atoms with Crippen LogP contribution < -0.4 is 5.32 Å². The molecule has 0 fully saturated rings. The number of carbonyl (C=O) groups is 1. The lowest BCUT2D eigenvalue weighted by atomic mass is 9.91. The van der Waals surface area contributed by atoms with Gasteiger partial charge >= 0.3 is 0 Å². The van der Waals surface area contributed by atoms with Crippen molar-refractivity contribution in [3.63, 3.8) is 0 Å². The fourth-order valence-electron chi connectivity index (χ4n) is 0.647. The summed E-state index contributed by atoms with van der Waals surface area (Å²) in [5.41, 5.74) is -1.35. The van der Waals surface area contributed by atoms with Crippen LogP contribution in [-0.4, -0.2) is 24.2 Å². The number of carbonyl (C=O) groups excluding carboxylic acids is 1. The Labute approximate surface area is 84.9 Å². The van der Waals surface area contributed by atoms with E-state index >= 15 is 0 Å². The Morgan fingerprint density at radius 3 is 2.29 bits per heavy atom. The van der Waals surface area contributed by atoms with Crippen molar-refractivity contribution in [2.24, 2.45) is 10.8 Å². The number of aliphatic hydroxyl groups is 1. The smallest absolute Gasteiger partial charge is 0.239 e. The highest BCUT2D eigenvalue weighted by molar-refractivity contribution is 5.84. The lowest BCUT2D eigenvalue weighted by Gasteiger charge is -2.24. The summed E-state index contributed by atoms with van der Waals surface area (Å²) in [4.78, 5) is 11.4. The Morgan fingerprint density at radius 2 is 1.93 bits per heavy atom. The summed E-state index contributed by atoms with van der Waals surface area (Å²) < 4.78 is 0. The summed E-state index contributed by atoms with van der Waals surface area (Å²) in [5, 5.41) is 20.3. The van der Waals surface area contributed by atoms with Gasteiger partial charge in [0.2, 0.25) is 5.91 Å². The van der Waals surface area contributed by atoms with Gasteiger partial charge in [-0.15, -0.1) is 0 Å². The van der Waals surface area contributed by atoms with Crippen LogP contribution in [-0.2, 0) is 4.79 Å². The Balaban J connectivity index is 4.19. The van der Waals surface area contributed by atoms with Gasteiger partial charge in [0, 0.05) is 18.6 Å². The number of rotatable bonds is 4. The molecule has 0 aliphatic heterocycles. The van der Waals surface area contributed by atoms with Gasteiger partial charge in [0.25, 0.3) is 0 Å². The summed E-state index contributed by atoms with van der Waals surface area (Å²) >= 11 is 0. The summed E-state index contributed by atoms with van der Waals surface area (Å²) in [6.07, 6.45) is 0. The minimum Gasteiger partial charge on any atom is -0.396 e. The van der Waals surface area contributed by atoms with Gasteiger partial charge in [-0.25, -0.2) is 0 Å². The van der Waals surface area contributed by atoms with Crippen molar-refractivity contribution >= 4 is 5.91 Å². The van der Waals surface area contributed by atoms with Crippen molar-refractivity contribution in [2.75, 3.05) is 13.2 Å². The van der Waals surface area contributed by atoms with E-state index < -0.39 is 5.41 Å². The average molecular weight is 198 g/mol. The van der Waals surface area contributed by atoms with Crippen molar-refractivity contribution in [3.8, 4) is 6.07 Å². The van der Waals surface area contributed by atoms with Crippen LogP contribution in [0.3, 0.4) is 0 Å². The predicted molar refractivity (Wildman–Crippen MR) is 53.3 cm³/mol. The zero-order valence-corrected chi connectivity index (χ0v) is 9.22. The van der Waals surface area contributed by atoms with Gasteiger partial charge in [0.15, 0.2) is 0 Å². The molecule has 0 saturated heterocycles. The second kappa shape index (κ2) is 4.43. The molecule has 0 aromatic rings. The maximum absolute atomic E-state index is 11.4. The molecule has 2 N–H and O–H groups in total. The van der Waals surface area contributed by atoms with Crippen LogP contribution in [0.15, 0.2) is 0 Å². The van der Waals surface area contributed by atoms with Gasteiger partial charge in [-0.2, -0.15) is 5.26 Å². The normalized spacial score (nSPS) is 12.0. The molecule has 4 heteroatoms. The SMILES string of the molecule is CC(C)(CO)CNC(=O)C(C)(C)C#N. The number of nitrogens with zero attached hydrogens (tertiary/aromatic N) is 1. The first-order valence-corrected chi connectivity index (χ1v) is 4.55. The fraction of sp³-hybridized carbons (Fsp3) is 0.800. The average Bonchev–Trinajstić information content (AvgIpc) is 2.14. The van der Waals surface area contributed by atoms with Crippen LogP contribution in [0.25, 0.3) is 0 Å². The van der Waals surface area contributed by atoms with E-state index in [0.29, 0.717) is 6.54 Å². The lowest BCUT2D eigenvalue weighted by Crippen LogP contribution is -2.42. The highest BCUT2D eigenvalue weighted by Crippen LogP contribution is 2.15. The molecule has 0 spiro atoms. The third-order valence-corrected chi connectivity index (χ3v) is 2.00. The number of aliphatic hydroxyl groups excluding tert-OH is 1. The van der Waals surface area contributed by atoms with Crippen LogP contribution in [0.1, 0.15) is 27.7 Å².